The van der Waals surface area contributed by atoms with Gasteiger partial charge < -0.3 is 19.4 Å². The molecule has 7 heteroatoms. The van der Waals surface area contributed by atoms with Gasteiger partial charge in [-0.15, -0.1) is 0 Å². The number of nitrogens with one attached hydrogen (secondary N) is 1. The Morgan fingerprint density at radius 2 is 2.04 bits per heavy atom. The third-order valence-electron chi connectivity index (χ3n) is 4.51. The summed E-state index contributed by atoms with van der Waals surface area (Å²) in [4.78, 5) is 30.8. The maximum absolute atomic E-state index is 12.9. The fraction of sp³-hybridized carbons (Fsp3) is 0.190. The fourth-order valence-electron chi connectivity index (χ4n) is 3.19. The SMILES string of the molecule is CCOC(=O)c1ccc(N[C@H]2c3ncccc3C(=O)N2Cc2ccco2)cc1. The number of ether oxygens (including phenoxy) is 1. The average molecular weight is 377 g/mol. The monoisotopic (exact) mass is 377 g/mol. The van der Waals surface area contributed by atoms with Gasteiger partial charge in [0.05, 0.1) is 36.2 Å². The predicted octanol–water partition coefficient (Wildman–Crippen LogP) is 3.62. The summed E-state index contributed by atoms with van der Waals surface area (Å²) in [6.45, 7) is 2.41. The van der Waals surface area contributed by atoms with Crippen molar-refractivity contribution in [3.05, 3.63) is 83.6 Å². The topological polar surface area (TPSA) is 84.7 Å². The first-order valence-corrected chi connectivity index (χ1v) is 8.99. The Morgan fingerprint density at radius 1 is 1.21 bits per heavy atom. The number of carbonyl (C=O) groups is 2. The number of esters is 1. The number of nitrogens with zero attached hydrogens (tertiary/aromatic N) is 2. The number of pyridine rings is 1. The molecule has 0 spiro atoms. The number of hydrogen-bond donors (Lipinski definition) is 1. The van der Waals surface area contributed by atoms with E-state index in [-0.39, 0.29) is 11.9 Å². The third kappa shape index (κ3) is 3.34. The number of fused-ring (bicyclic) bond motifs is 1. The largest absolute Gasteiger partial charge is 0.467 e. The van der Waals surface area contributed by atoms with Gasteiger partial charge in [-0.3, -0.25) is 9.78 Å². The van der Waals surface area contributed by atoms with Gasteiger partial charge in [0.1, 0.15) is 11.9 Å². The predicted molar refractivity (Wildman–Crippen MR) is 102 cm³/mol. The molecule has 1 aromatic carbocycles. The summed E-state index contributed by atoms with van der Waals surface area (Å²) in [5.41, 5.74) is 2.46. The molecule has 1 aliphatic heterocycles. The molecule has 0 aliphatic carbocycles. The number of benzene rings is 1. The number of rotatable bonds is 6. The van der Waals surface area contributed by atoms with E-state index in [1.54, 1.807) is 66.7 Å². The molecule has 1 aliphatic rings. The van der Waals surface area contributed by atoms with Crippen LogP contribution in [0.3, 0.4) is 0 Å². The van der Waals surface area contributed by atoms with Crippen LogP contribution in [0.1, 0.15) is 45.3 Å². The molecular formula is C21H19N3O4. The summed E-state index contributed by atoms with van der Waals surface area (Å²) in [7, 11) is 0. The lowest BCUT2D eigenvalue weighted by atomic mass is 10.2. The second kappa shape index (κ2) is 7.56. The molecular weight excluding hydrogens is 358 g/mol. The average Bonchev–Trinajstić information content (AvgIpc) is 3.32. The van der Waals surface area contributed by atoms with Crippen LogP contribution in [0, 0.1) is 0 Å². The second-order valence-electron chi connectivity index (χ2n) is 6.29. The summed E-state index contributed by atoms with van der Waals surface area (Å²) in [6.07, 6.45) is 2.81. The van der Waals surface area contributed by atoms with Crippen LogP contribution in [0.15, 0.2) is 65.4 Å². The minimum absolute atomic E-state index is 0.111. The van der Waals surface area contributed by atoms with Gasteiger partial charge in [-0.25, -0.2) is 4.79 Å². The molecule has 0 unspecified atom stereocenters. The van der Waals surface area contributed by atoms with Crippen LogP contribution in [0.2, 0.25) is 0 Å². The van der Waals surface area contributed by atoms with Crippen molar-refractivity contribution in [2.24, 2.45) is 0 Å². The lowest BCUT2D eigenvalue weighted by Crippen LogP contribution is -2.32. The van der Waals surface area contributed by atoms with Crippen LogP contribution in [-0.2, 0) is 11.3 Å². The van der Waals surface area contributed by atoms with Crippen LogP contribution in [0.5, 0.6) is 0 Å². The van der Waals surface area contributed by atoms with E-state index in [0.29, 0.717) is 35.7 Å². The molecule has 0 fully saturated rings. The molecule has 0 saturated heterocycles. The number of furan rings is 1. The van der Waals surface area contributed by atoms with Crippen molar-refractivity contribution in [2.45, 2.75) is 19.6 Å². The van der Waals surface area contributed by atoms with E-state index in [2.05, 4.69) is 10.3 Å². The summed E-state index contributed by atoms with van der Waals surface area (Å²) in [6, 6.07) is 14.1. The molecule has 3 aromatic rings. The van der Waals surface area contributed by atoms with Gasteiger partial charge >= 0.3 is 5.97 Å². The van der Waals surface area contributed by atoms with Crippen molar-refractivity contribution < 1.29 is 18.7 Å². The van der Waals surface area contributed by atoms with Gasteiger partial charge in [-0.2, -0.15) is 0 Å². The maximum Gasteiger partial charge on any atom is 0.338 e. The number of carbonyl (C=O) groups excluding carboxylic acids is 2. The molecule has 2 aromatic heterocycles. The Morgan fingerprint density at radius 3 is 2.75 bits per heavy atom. The normalized spacial score (nSPS) is 15.4. The highest BCUT2D eigenvalue weighted by molar-refractivity contribution is 5.99. The zero-order valence-corrected chi connectivity index (χ0v) is 15.3. The first-order chi connectivity index (χ1) is 13.7. The molecule has 1 atom stereocenters. The van der Waals surface area contributed by atoms with Gasteiger partial charge in [0.2, 0.25) is 0 Å². The number of anilines is 1. The summed E-state index contributed by atoms with van der Waals surface area (Å²) >= 11 is 0. The van der Waals surface area contributed by atoms with E-state index in [1.165, 1.54) is 0 Å². The summed E-state index contributed by atoms with van der Waals surface area (Å²) < 4.78 is 10.4. The smallest absolute Gasteiger partial charge is 0.338 e. The molecule has 3 heterocycles. The Hall–Kier alpha value is -3.61. The summed E-state index contributed by atoms with van der Waals surface area (Å²) in [5, 5.41) is 3.34. The van der Waals surface area contributed by atoms with Gasteiger partial charge in [0.15, 0.2) is 0 Å². The van der Waals surface area contributed by atoms with Crippen LogP contribution in [0.25, 0.3) is 0 Å². The van der Waals surface area contributed by atoms with Crippen molar-refractivity contribution in [3.8, 4) is 0 Å². The number of amides is 1. The molecule has 0 bridgehead atoms. The molecule has 0 radical (unpaired) electrons. The van der Waals surface area contributed by atoms with E-state index in [9.17, 15) is 9.59 Å². The second-order valence-corrected chi connectivity index (χ2v) is 6.29. The van der Waals surface area contributed by atoms with Crippen LogP contribution in [-0.4, -0.2) is 28.4 Å². The molecule has 1 N–H and O–H groups in total. The van der Waals surface area contributed by atoms with Crippen LogP contribution < -0.4 is 5.32 Å². The van der Waals surface area contributed by atoms with Gasteiger partial charge in [-0.1, -0.05) is 0 Å². The molecule has 4 rings (SSSR count). The van der Waals surface area contributed by atoms with Crippen molar-refractivity contribution >= 4 is 17.6 Å². The highest BCUT2D eigenvalue weighted by atomic mass is 16.5. The van der Waals surface area contributed by atoms with Crippen molar-refractivity contribution in [3.63, 3.8) is 0 Å². The fourth-order valence-corrected chi connectivity index (χ4v) is 3.19. The maximum atomic E-state index is 12.9. The van der Waals surface area contributed by atoms with E-state index < -0.39 is 6.17 Å². The molecule has 0 saturated carbocycles. The van der Waals surface area contributed by atoms with Crippen LogP contribution >= 0.6 is 0 Å². The standard InChI is InChI=1S/C21H19N3O4/c1-2-27-21(26)14-7-9-15(10-8-14)23-19-18-17(6-3-11-22-18)20(25)24(19)13-16-5-4-12-28-16/h3-12,19,23H,2,13H2,1H3/t19-/m1/s1. The zero-order chi connectivity index (χ0) is 19.5. The Balaban J connectivity index is 1.60. The van der Waals surface area contributed by atoms with Crippen molar-refractivity contribution in [1.82, 2.24) is 9.88 Å². The van der Waals surface area contributed by atoms with E-state index in [4.69, 9.17) is 9.15 Å². The van der Waals surface area contributed by atoms with Gasteiger partial charge in [0, 0.05) is 11.9 Å². The lowest BCUT2D eigenvalue weighted by molar-refractivity contribution is 0.0526. The first kappa shape index (κ1) is 17.8. The van der Waals surface area contributed by atoms with E-state index in [0.717, 1.165) is 5.69 Å². The third-order valence-corrected chi connectivity index (χ3v) is 4.51. The summed E-state index contributed by atoms with van der Waals surface area (Å²) in [5.74, 6) is 0.210. The van der Waals surface area contributed by atoms with Gasteiger partial charge in [-0.05, 0) is 55.5 Å². The first-order valence-electron chi connectivity index (χ1n) is 8.99. The lowest BCUT2D eigenvalue weighted by Gasteiger charge is -2.25. The van der Waals surface area contributed by atoms with Crippen LogP contribution in [0.4, 0.5) is 5.69 Å². The molecule has 1 amide bonds. The quantitative estimate of drug-likeness (QED) is 0.661. The Kier molecular flexibility index (Phi) is 4.80. The number of hydrogen-bond acceptors (Lipinski definition) is 6. The highest BCUT2D eigenvalue weighted by Gasteiger charge is 2.38. The van der Waals surface area contributed by atoms with Crippen molar-refractivity contribution in [1.29, 1.82) is 0 Å². The zero-order valence-electron chi connectivity index (χ0n) is 15.3. The molecule has 142 valence electrons. The number of aromatic nitrogens is 1. The molecule has 28 heavy (non-hydrogen) atoms. The van der Waals surface area contributed by atoms with E-state index in [1.807, 2.05) is 6.07 Å². The van der Waals surface area contributed by atoms with E-state index >= 15 is 0 Å². The highest BCUT2D eigenvalue weighted by Crippen LogP contribution is 2.34. The Labute approximate surface area is 161 Å². The minimum atomic E-state index is -0.442. The van der Waals surface area contributed by atoms with Gasteiger partial charge in [0.25, 0.3) is 5.91 Å². The van der Waals surface area contributed by atoms with Crippen molar-refractivity contribution in [2.75, 3.05) is 11.9 Å². The molecule has 7 nitrogen and oxygen atoms in total. The Bertz CT molecular complexity index is 983. The minimum Gasteiger partial charge on any atom is -0.467 e.